The highest BCUT2D eigenvalue weighted by Gasteiger charge is 2.23. The number of hydrogen-bond acceptors (Lipinski definition) is 6. The molecule has 0 bridgehead atoms. The number of nitrogens with one attached hydrogen (secondary N) is 1. The summed E-state index contributed by atoms with van der Waals surface area (Å²) < 4.78 is 23.4. The minimum atomic E-state index is -4.61. The van der Waals surface area contributed by atoms with E-state index in [0.717, 1.165) is 44.9 Å². The molecule has 2 N–H and O–H groups in total. The molecule has 0 rings (SSSR count). The molecule has 1 amide bonds. The predicted octanol–water partition coefficient (Wildman–Crippen LogP) is 18.9. The summed E-state index contributed by atoms with van der Waals surface area (Å²) >= 11 is 0. The average Bonchev–Trinajstić information content (AvgIpc) is 3.35. The highest BCUT2D eigenvalue weighted by atomic mass is 31.2. The number of phosphoric ester groups is 1. The summed E-state index contributed by atoms with van der Waals surface area (Å²) in [7, 11) is 1.25. The van der Waals surface area contributed by atoms with Crippen molar-refractivity contribution in [1.82, 2.24) is 5.32 Å². The molecule has 0 saturated carbocycles. The Kier molecular flexibility index (Phi) is 54.1. The lowest BCUT2D eigenvalue weighted by Crippen LogP contribution is -2.45. The summed E-state index contributed by atoms with van der Waals surface area (Å²) in [5, 5.41) is 13.9. The van der Waals surface area contributed by atoms with Crippen LogP contribution in [0, 0.1) is 0 Å². The van der Waals surface area contributed by atoms with Crippen molar-refractivity contribution in [2.24, 2.45) is 0 Å². The molecular weight excluding hydrogens is 924 g/mol. The number of aliphatic hydroxyl groups is 1. The molecule has 0 aliphatic carbocycles. The summed E-state index contributed by atoms with van der Waals surface area (Å²) in [6.45, 7) is 4.65. The molecule has 9 heteroatoms. The van der Waals surface area contributed by atoms with Gasteiger partial charge in [-0.25, -0.2) is 0 Å². The van der Waals surface area contributed by atoms with Gasteiger partial charge in [0.1, 0.15) is 13.2 Å². The van der Waals surface area contributed by atoms with Crippen LogP contribution < -0.4 is 10.2 Å². The molecule has 0 aromatic rings. The zero-order chi connectivity index (χ0) is 53.5. The smallest absolute Gasteiger partial charge is 0.268 e. The van der Waals surface area contributed by atoms with E-state index in [4.69, 9.17) is 9.05 Å². The van der Waals surface area contributed by atoms with Crippen LogP contribution in [-0.4, -0.2) is 68.5 Å². The minimum Gasteiger partial charge on any atom is -0.756 e. The normalized spacial score (nSPS) is 14.1. The third-order valence-corrected chi connectivity index (χ3v) is 15.2. The van der Waals surface area contributed by atoms with Gasteiger partial charge in [0.15, 0.2) is 0 Å². The quantitative estimate of drug-likeness (QED) is 0.0272. The summed E-state index contributed by atoms with van der Waals surface area (Å²) in [5.74, 6) is -0.203. The van der Waals surface area contributed by atoms with Gasteiger partial charge in [-0.15, -0.1) is 0 Å². The second kappa shape index (κ2) is 55.2. The van der Waals surface area contributed by atoms with Gasteiger partial charge < -0.3 is 28.8 Å². The maximum absolute atomic E-state index is 13.0. The van der Waals surface area contributed by atoms with Gasteiger partial charge in [-0.05, 0) is 64.2 Å². The van der Waals surface area contributed by atoms with Gasteiger partial charge in [0.25, 0.3) is 7.82 Å². The Morgan fingerprint density at radius 1 is 0.479 bits per heavy atom. The fourth-order valence-electron chi connectivity index (χ4n) is 9.32. The lowest BCUT2D eigenvalue weighted by atomic mass is 10.0. The zero-order valence-electron chi connectivity index (χ0n) is 49.1. The Morgan fingerprint density at radius 3 is 1.19 bits per heavy atom. The number of likely N-dealkylation sites (N-methyl/N-ethyl adjacent to an activating group) is 1. The Morgan fingerprint density at radius 2 is 0.808 bits per heavy atom. The van der Waals surface area contributed by atoms with Crippen molar-refractivity contribution < 1.29 is 32.9 Å². The standard InChI is InChI=1S/C64H123N2O6P/c1-6-8-10-12-14-16-18-20-22-24-26-28-29-30-31-32-33-34-35-36-37-38-40-42-44-46-48-50-52-54-56-58-64(68)65-62(61-72-73(69,70)71-60-59-66(3,4)5)63(67)57-55-53-51-49-47-45-43-41-39-27-25-23-21-19-17-15-13-11-9-7-2/h18,20,24,26,47,49,55,57,62-63,67H,6-17,19,21-23,25,27-46,48,50-54,56,58-61H2,1-5H3,(H-,65,68,69,70)/b20-18-,26-24-,49-47+,57-55+. The summed E-state index contributed by atoms with van der Waals surface area (Å²) in [6.07, 6.45) is 73.5. The lowest BCUT2D eigenvalue weighted by molar-refractivity contribution is -0.870. The van der Waals surface area contributed by atoms with E-state index in [1.807, 2.05) is 27.2 Å². The van der Waals surface area contributed by atoms with E-state index in [9.17, 15) is 19.4 Å². The maximum Gasteiger partial charge on any atom is 0.268 e. The van der Waals surface area contributed by atoms with Gasteiger partial charge in [-0.3, -0.25) is 9.36 Å². The Hall–Kier alpha value is -1.54. The van der Waals surface area contributed by atoms with Crippen LogP contribution in [0.5, 0.6) is 0 Å². The molecule has 430 valence electrons. The van der Waals surface area contributed by atoms with Gasteiger partial charge in [0.05, 0.1) is 39.9 Å². The molecule has 73 heavy (non-hydrogen) atoms. The Labute approximate surface area is 454 Å². The first-order chi connectivity index (χ1) is 35.5. The Balaban J connectivity index is 4.11. The summed E-state index contributed by atoms with van der Waals surface area (Å²) in [4.78, 5) is 25.5. The van der Waals surface area contributed by atoms with E-state index >= 15 is 0 Å². The second-order valence-corrected chi connectivity index (χ2v) is 24.2. The van der Waals surface area contributed by atoms with Crippen LogP contribution in [0.4, 0.5) is 0 Å². The first-order valence-corrected chi connectivity index (χ1v) is 33.0. The van der Waals surface area contributed by atoms with Crippen molar-refractivity contribution in [3.63, 3.8) is 0 Å². The zero-order valence-corrected chi connectivity index (χ0v) is 50.0. The number of aliphatic hydroxyl groups excluding tert-OH is 1. The van der Waals surface area contributed by atoms with E-state index in [0.29, 0.717) is 17.4 Å². The molecule has 0 aromatic carbocycles. The minimum absolute atomic E-state index is 0.00556. The van der Waals surface area contributed by atoms with Crippen LogP contribution in [0.25, 0.3) is 0 Å². The van der Waals surface area contributed by atoms with E-state index in [1.165, 1.54) is 238 Å². The van der Waals surface area contributed by atoms with E-state index in [-0.39, 0.29) is 12.5 Å². The van der Waals surface area contributed by atoms with E-state index in [2.05, 4.69) is 55.6 Å². The second-order valence-electron chi connectivity index (χ2n) is 22.8. The van der Waals surface area contributed by atoms with Crippen LogP contribution >= 0.6 is 7.82 Å². The summed E-state index contributed by atoms with van der Waals surface area (Å²) in [5.41, 5.74) is 0. The van der Waals surface area contributed by atoms with Crippen LogP contribution in [0.15, 0.2) is 48.6 Å². The molecule has 0 radical (unpaired) electrons. The van der Waals surface area contributed by atoms with Crippen LogP contribution in [0.2, 0.25) is 0 Å². The highest BCUT2D eigenvalue weighted by molar-refractivity contribution is 7.45. The maximum atomic E-state index is 13.0. The van der Waals surface area contributed by atoms with Crippen molar-refractivity contribution in [2.45, 2.75) is 315 Å². The van der Waals surface area contributed by atoms with Gasteiger partial charge >= 0.3 is 0 Å². The number of nitrogens with zero attached hydrogens (tertiary/aromatic N) is 1. The lowest BCUT2D eigenvalue weighted by Gasteiger charge is -2.29. The molecule has 0 heterocycles. The molecule has 8 nitrogen and oxygen atoms in total. The number of carbonyl (C=O) groups is 1. The largest absolute Gasteiger partial charge is 0.756 e. The van der Waals surface area contributed by atoms with Crippen molar-refractivity contribution in [2.75, 3.05) is 40.9 Å². The number of unbranched alkanes of at least 4 members (excludes halogenated alkanes) is 39. The number of hydrogen-bond donors (Lipinski definition) is 2. The molecule has 0 saturated heterocycles. The van der Waals surface area contributed by atoms with E-state index < -0.39 is 26.6 Å². The van der Waals surface area contributed by atoms with Gasteiger partial charge in [0.2, 0.25) is 5.91 Å². The first-order valence-electron chi connectivity index (χ1n) is 31.5. The van der Waals surface area contributed by atoms with Crippen LogP contribution in [0.1, 0.15) is 303 Å². The molecule has 0 aromatic heterocycles. The topological polar surface area (TPSA) is 108 Å². The molecule has 3 unspecified atom stereocenters. The molecule has 0 spiro atoms. The van der Waals surface area contributed by atoms with Crippen molar-refractivity contribution in [3.05, 3.63) is 48.6 Å². The van der Waals surface area contributed by atoms with Crippen LogP contribution in [0.3, 0.4) is 0 Å². The number of allylic oxidation sites excluding steroid dienone is 7. The molecule has 3 atom stereocenters. The third-order valence-electron chi connectivity index (χ3n) is 14.3. The van der Waals surface area contributed by atoms with Crippen molar-refractivity contribution in [3.8, 4) is 0 Å². The Bertz CT molecular complexity index is 1330. The van der Waals surface area contributed by atoms with Gasteiger partial charge in [-0.2, -0.15) is 0 Å². The molecular formula is C64H123N2O6P. The monoisotopic (exact) mass is 1050 g/mol. The number of rotatable bonds is 58. The SMILES string of the molecule is CCCCCCC/C=C\C/C=C\CCCCCCCCCCCCCCCCCCCCCC(=O)NC(COP(=O)([O-])OCC[N+](C)(C)C)C(O)/C=C/CC/C=C/CCCCCCCCCCCCCCCC. The van der Waals surface area contributed by atoms with Gasteiger partial charge in [-0.1, -0.05) is 281 Å². The number of carbonyl (C=O) groups excluding carboxylic acids is 1. The van der Waals surface area contributed by atoms with Gasteiger partial charge in [0, 0.05) is 6.42 Å². The molecule has 0 aliphatic heterocycles. The number of quaternary nitrogens is 1. The fourth-order valence-corrected chi connectivity index (χ4v) is 10.0. The number of amides is 1. The van der Waals surface area contributed by atoms with Crippen molar-refractivity contribution in [1.29, 1.82) is 0 Å². The first kappa shape index (κ1) is 71.5. The molecule has 0 aliphatic rings. The predicted molar refractivity (Wildman–Crippen MR) is 316 cm³/mol. The molecule has 0 fully saturated rings. The van der Waals surface area contributed by atoms with Crippen molar-refractivity contribution >= 4 is 13.7 Å². The average molecular weight is 1050 g/mol. The highest BCUT2D eigenvalue weighted by Crippen LogP contribution is 2.38. The fraction of sp³-hybridized carbons (Fsp3) is 0.859. The number of phosphoric acid groups is 1. The van der Waals surface area contributed by atoms with Crippen LogP contribution in [-0.2, 0) is 18.4 Å². The van der Waals surface area contributed by atoms with E-state index in [1.54, 1.807) is 6.08 Å². The third kappa shape index (κ3) is 58.0. The summed E-state index contributed by atoms with van der Waals surface area (Å²) in [6, 6.07) is -0.903.